The second-order valence-corrected chi connectivity index (χ2v) is 6.35. The van der Waals surface area contributed by atoms with Gasteiger partial charge in [0.2, 0.25) is 5.90 Å². The molecule has 2 heterocycles. The van der Waals surface area contributed by atoms with Crippen LogP contribution >= 0.6 is 11.6 Å². The van der Waals surface area contributed by atoms with Crippen LogP contribution in [0.5, 0.6) is 0 Å². The third-order valence-corrected chi connectivity index (χ3v) is 4.14. The van der Waals surface area contributed by atoms with E-state index in [0.29, 0.717) is 22.4 Å². The van der Waals surface area contributed by atoms with Gasteiger partial charge in [0.15, 0.2) is 5.70 Å². The van der Waals surface area contributed by atoms with Gasteiger partial charge in [0, 0.05) is 22.2 Å². The van der Waals surface area contributed by atoms with Crippen molar-refractivity contribution in [3.8, 4) is 11.3 Å². The van der Waals surface area contributed by atoms with Gasteiger partial charge in [0.05, 0.1) is 0 Å². The van der Waals surface area contributed by atoms with E-state index in [1.165, 1.54) is 0 Å². The van der Waals surface area contributed by atoms with E-state index in [1.54, 1.807) is 18.2 Å². The molecule has 1 aromatic heterocycles. The Hall–Kier alpha value is -3.11. The van der Waals surface area contributed by atoms with E-state index in [1.807, 2.05) is 55.5 Å². The number of aliphatic imine (C=N–C) groups is 1. The van der Waals surface area contributed by atoms with Gasteiger partial charge >= 0.3 is 5.97 Å². The van der Waals surface area contributed by atoms with Gasteiger partial charge in [0.1, 0.15) is 11.5 Å². The number of furan rings is 1. The molecule has 128 valence electrons. The van der Waals surface area contributed by atoms with E-state index in [0.717, 1.165) is 16.7 Å². The molecule has 4 nitrogen and oxygen atoms in total. The Balaban J connectivity index is 1.63. The Morgan fingerprint density at radius 1 is 1.00 bits per heavy atom. The highest BCUT2D eigenvalue weighted by atomic mass is 35.5. The van der Waals surface area contributed by atoms with E-state index in [2.05, 4.69) is 4.99 Å². The maximum absolute atomic E-state index is 12.1. The molecule has 0 saturated heterocycles. The molecule has 0 spiro atoms. The topological polar surface area (TPSA) is 51.8 Å². The number of carbonyl (C=O) groups excluding carboxylic acids is 1. The normalized spacial score (nSPS) is 15.2. The lowest BCUT2D eigenvalue weighted by Crippen LogP contribution is -2.05. The first-order valence-electron chi connectivity index (χ1n) is 8.04. The molecule has 0 aliphatic carbocycles. The number of benzene rings is 2. The van der Waals surface area contributed by atoms with E-state index >= 15 is 0 Å². The van der Waals surface area contributed by atoms with Crippen LogP contribution in [0.1, 0.15) is 16.9 Å². The van der Waals surface area contributed by atoms with Gasteiger partial charge < -0.3 is 9.15 Å². The first kappa shape index (κ1) is 16.4. The predicted octanol–water partition coefficient (Wildman–Crippen LogP) is 5.25. The number of hydrogen-bond acceptors (Lipinski definition) is 4. The fourth-order valence-electron chi connectivity index (χ4n) is 2.67. The van der Waals surface area contributed by atoms with Crippen molar-refractivity contribution in [1.29, 1.82) is 0 Å². The van der Waals surface area contributed by atoms with Gasteiger partial charge in [0.25, 0.3) is 0 Å². The summed E-state index contributed by atoms with van der Waals surface area (Å²) in [5, 5.41) is 0.630. The summed E-state index contributed by atoms with van der Waals surface area (Å²) in [5.74, 6) is 0.976. The Labute approximate surface area is 155 Å². The third kappa shape index (κ3) is 3.32. The molecule has 0 radical (unpaired) electrons. The molecule has 26 heavy (non-hydrogen) atoms. The van der Waals surface area contributed by atoms with Crippen LogP contribution in [0.25, 0.3) is 17.4 Å². The third-order valence-electron chi connectivity index (χ3n) is 3.90. The molecule has 1 aliphatic heterocycles. The molecular weight excluding hydrogens is 350 g/mol. The second-order valence-electron chi connectivity index (χ2n) is 5.92. The maximum atomic E-state index is 12.1. The number of nitrogens with zero attached hydrogens (tertiary/aromatic N) is 1. The van der Waals surface area contributed by atoms with Crippen molar-refractivity contribution in [3.05, 3.63) is 88.3 Å². The summed E-state index contributed by atoms with van der Waals surface area (Å²) in [7, 11) is 0. The largest absolute Gasteiger partial charge is 0.457 e. The number of carbonyl (C=O) groups is 1. The lowest BCUT2D eigenvalue weighted by molar-refractivity contribution is -0.129. The van der Waals surface area contributed by atoms with E-state index in [9.17, 15) is 4.79 Å². The van der Waals surface area contributed by atoms with Gasteiger partial charge in [-0.15, -0.1) is 0 Å². The fraction of sp³-hybridized carbons (Fsp3) is 0.0476. The molecule has 0 amide bonds. The van der Waals surface area contributed by atoms with Gasteiger partial charge in [-0.1, -0.05) is 41.4 Å². The average molecular weight is 364 g/mol. The number of ether oxygens (including phenoxy) is 1. The summed E-state index contributed by atoms with van der Waals surface area (Å²) >= 11 is 6.01. The summed E-state index contributed by atoms with van der Waals surface area (Å²) in [5.41, 5.74) is 2.89. The van der Waals surface area contributed by atoms with Crippen LogP contribution in [0, 0.1) is 6.92 Å². The Morgan fingerprint density at radius 3 is 2.62 bits per heavy atom. The number of cyclic esters (lactones) is 1. The summed E-state index contributed by atoms with van der Waals surface area (Å²) in [6, 6.07) is 18.6. The number of esters is 1. The van der Waals surface area contributed by atoms with Crippen LogP contribution < -0.4 is 0 Å². The number of hydrogen-bond donors (Lipinski definition) is 0. The van der Waals surface area contributed by atoms with Crippen molar-refractivity contribution in [2.45, 2.75) is 6.92 Å². The molecule has 5 heteroatoms. The fourth-order valence-corrected chi connectivity index (χ4v) is 2.86. The Kier molecular flexibility index (Phi) is 4.19. The highest BCUT2D eigenvalue weighted by Crippen LogP contribution is 2.27. The van der Waals surface area contributed by atoms with Crippen molar-refractivity contribution in [1.82, 2.24) is 0 Å². The van der Waals surface area contributed by atoms with Gasteiger partial charge in [-0.05, 0) is 43.3 Å². The maximum Gasteiger partial charge on any atom is 0.363 e. The van der Waals surface area contributed by atoms with Crippen molar-refractivity contribution in [3.63, 3.8) is 0 Å². The first-order valence-corrected chi connectivity index (χ1v) is 8.42. The molecule has 2 aromatic carbocycles. The van der Waals surface area contributed by atoms with E-state index in [4.69, 9.17) is 20.8 Å². The van der Waals surface area contributed by atoms with E-state index in [-0.39, 0.29) is 5.70 Å². The summed E-state index contributed by atoms with van der Waals surface area (Å²) in [6.07, 6.45) is 1.57. The molecule has 0 fully saturated rings. The quantitative estimate of drug-likeness (QED) is 0.471. The van der Waals surface area contributed by atoms with Crippen LogP contribution in [-0.2, 0) is 9.53 Å². The molecule has 1 aliphatic rings. The lowest BCUT2D eigenvalue weighted by Gasteiger charge is -1.99. The average Bonchev–Trinajstić information content (AvgIpc) is 3.23. The van der Waals surface area contributed by atoms with Gasteiger partial charge in [-0.3, -0.25) is 0 Å². The van der Waals surface area contributed by atoms with Gasteiger partial charge in [-0.2, -0.15) is 0 Å². The predicted molar refractivity (Wildman–Crippen MR) is 101 cm³/mol. The smallest absolute Gasteiger partial charge is 0.363 e. The number of rotatable bonds is 3. The highest BCUT2D eigenvalue weighted by molar-refractivity contribution is 6.30. The minimum atomic E-state index is -0.498. The van der Waals surface area contributed by atoms with Crippen molar-refractivity contribution in [2.24, 2.45) is 4.99 Å². The zero-order chi connectivity index (χ0) is 18.1. The molecule has 0 N–H and O–H groups in total. The lowest BCUT2D eigenvalue weighted by atomic mass is 10.1. The highest BCUT2D eigenvalue weighted by Gasteiger charge is 2.24. The first-order chi connectivity index (χ1) is 12.6. The number of aryl methyl sites for hydroxylation is 1. The molecule has 0 saturated carbocycles. The Bertz CT molecular complexity index is 1060. The van der Waals surface area contributed by atoms with Crippen molar-refractivity contribution >= 4 is 29.5 Å². The second kappa shape index (κ2) is 6.65. The van der Waals surface area contributed by atoms with Crippen molar-refractivity contribution in [2.75, 3.05) is 0 Å². The molecule has 3 aromatic rings. The van der Waals surface area contributed by atoms with Crippen LogP contribution in [0.3, 0.4) is 0 Å². The SMILES string of the molecule is Cc1cccc(C2=N/C(=C/c3ccc(-c4cccc(Cl)c4)o3)C(=O)O2)c1. The van der Waals surface area contributed by atoms with Crippen LogP contribution in [-0.4, -0.2) is 11.9 Å². The van der Waals surface area contributed by atoms with Crippen LogP contribution in [0.2, 0.25) is 5.02 Å². The van der Waals surface area contributed by atoms with Crippen molar-refractivity contribution < 1.29 is 13.9 Å². The summed E-state index contributed by atoms with van der Waals surface area (Å²) in [4.78, 5) is 16.4. The van der Waals surface area contributed by atoms with Crippen LogP contribution in [0.4, 0.5) is 0 Å². The molecular formula is C21H14ClNO3. The molecule has 0 unspecified atom stereocenters. The minimum Gasteiger partial charge on any atom is -0.457 e. The summed E-state index contributed by atoms with van der Waals surface area (Å²) < 4.78 is 11.1. The van der Waals surface area contributed by atoms with E-state index < -0.39 is 5.97 Å². The standard InChI is InChI=1S/C21H14ClNO3/c1-13-4-2-6-15(10-13)20-23-18(21(24)26-20)12-17-8-9-19(25-17)14-5-3-7-16(22)11-14/h2-12H,1H3/b18-12+. The monoisotopic (exact) mass is 363 g/mol. The minimum absolute atomic E-state index is 0.202. The molecule has 4 rings (SSSR count). The zero-order valence-corrected chi connectivity index (χ0v) is 14.7. The summed E-state index contributed by atoms with van der Waals surface area (Å²) in [6.45, 7) is 1.97. The van der Waals surface area contributed by atoms with Gasteiger partial charge in [-0.25, -0.2) is 9.79 Å². The number of halogens is 1. The molecule has 0 atom stereocenters. The Morgan fingerprint density at radius 2 is 1.81 bits per heavy atom. The zero-order valence-electron chi connectivity index (χ0n) is 13.9. The van der Waals surface area contributed by atoms with Crippen LogP contribution in [0.15, 0.2) is 75.8 Å². The molecule has 0 bridgehead atoms.